The smallest absolute Gasteiger partial charge is 0.126 e. The maximum Gasteiger partial charge on any atom is 0.126 e. The van der Waals surface area contributed by atoms with Gasteiger partial charge in [0.1, 0.15) is 5.82 Å². The van der Waals surface area contributed by atoms with Crippen molar-refractivity contribution in [1.29, 1.82) is 0 Å². The van der Waals surface area contributed by atoms with Crippen LogP contribution in [-0.2, 0) is 6.42 Å². The summed E-state index contributed by atoms with van der Waals surface area (Å²) in [4.78, 5) is 0. The molecule has 1 atom stereocenters. The van der Waals surface area contributed by atoms with Gasteiger partial charge in [-0.25, -0.2) is 4.39 Å². The fourth-order valence-corrected chi connectivity index (χ4v) is 2.14. The van der Waals surface area contributed by atoms with Gasteiger partial charge in [-0.1, -0.05) is 44.2 Å². The van der Waals surface area contributed by atoms with Crippen LogP contribution in [0.25, 0.3) is 0 Å². The first-order chi connectivity index (χ1) is 8.69. The summed E-state index contributed by atoms with van der Waals surface area (Å²) in [6, 6.07) is 7.39. The number of rotatable bonds is 8. The number of nitrogens with one attached hydrogen (secondary N) is 1. The van der Waals surface area contributed by atoms with Gasteiger partial charge in [-0.15, -0.1) is 0 Å². The van der Waals surface area contributed by atoms with Crippen LogP contribution in [0.1, 0.15) is 38.7 Å². The Bertz CT molecular complexity index is 373. The second-order valence-electron chi connectivity index (χ2n) is 4.61. The molecule has 1 unspecified atom stereocenters. The maximum absolute atomic E-state index is 13.5. The maximum atomic E-state index is 13.5. The second kappa shape index (κ2) is 8.04. The third-order valence-corrected chi connectivity index (χ3v) is 3.29. The predicted molar refractivity (Wildman–Crippen MR) is 76.2 cm³/mol. The van der Waals surface area contributed by atoms with Crippen molar-refractivity contribution in [3.63, 3.8) is 0 Å². The van der Waals surface area contributed by atoms with E-state index in [1.807, 2.05) is 12.1 Å². The number of aryl methyl sites for hydroxylation is 1. The van der Waals surface area contributed by atoms with E-state index in [2.05, 4.69) is 25.7 Å². The van der Waals surface area contributed by atoms with Crippen LogP contribution in [0, 0.1) is 5.82 Å². The molecular weight excluding hydrogens is 225 g/mol. The summed E-state index contributed by atoms with van der Waals surface area (Å²) in [7, 11) is 0. The summed E-state index contributed by atoms with van der Waals surface area (Å²) in [5, 5.41) is 3.44. The van der Waals surface area contributed by atoms with E-state index in [-0.39, 0.29) is 5.82 Å². The van der Waals surface area contributed by atoms with Gasteiger partial charge in [-0.3, -0.25) is 0 Å². The van der Waals surface area contributed by atoms with Crippen LogP contribution < -0.4 is 5.32 Å². The van der Waals surface area contributed by atoms with Gasteiger partial charge >= 0.3 is 0 Å². The summed E-state index contributed by atoms with van der Waals surface area (Å²) in [5.74, 6) is -0.0909. The van der Waals surface area contributed by atoms with E-state index < -0.39 is 0 Å². The standard InChI is InChI=1S/C16H24FN/c1-4-13(3)16(18-5-2)12-8-10-14-9-6-7-11-15(14)17/h6-7,9,11,16,18H,3-5,8,10,12H2,1-2H3. The lowest BCUT2D eigenvalue weighted by Gasteiger charge is -2.19. The minimum atomic E-state index is -0.0909. The van der Waals surface area contributed by atoms with Gasteiger partial charge in [0.2, 0.25) is 0 Å². The quantitative estimate of drug-likeness (QED) is 0.684. The van der Waals surface area contributed by atoms with Crippen molar-refractivity contribution in [3.8, 4) is 0 Å². The minimum absolute atomic E-state index is 0.0909. The molecule has 1 N–H and O–H groups in total. The third-order valence-electron chi connectivity index (χ3n) is 3.29. The monoisotopic (exact) mass is 249 g/mol. The van der Waals surface area contributed by atoms with Crippen molar-refractivity contribution in [2.24, 2.45) is 0 Å². The Kier molecular flexibility index (Phi) is 6.66. The fraction of sp³-hybridized carbons (Fsp3) is 0.500. The van der Waals surface area contributed by atoms with E-state index in [0.29, 0.717) is 6.04 Å². The second-order valence-corrected chi connectivity index (χ2v) is 4.61. The lowest BCUT2D eigenvalue weighted by Crippen LogP contribution is -2.30. The Morgan fingerprint density at radius 1 is 1.33 bits per heavy atom. The van der Waals surface area contributed by atoms with Crippen LogP contribution >= 0.6 is 0 Å². The van der Waals surface area contributed by atoms with Gasteiger partial charge in [-0.2, -0.15) is 0 Å². The first-order valence-electron chi connectivity index (χ1n) is 6.83. The molecule has 0 fully saturated rings. The molecule has 0 heterocycles. The van der Waals surface area contributed by atoms with Gasteiger partial charge < -0.3 is 5.32 Å². The largest absolute Gasteiger partial charge is 0.311 e. The summed E-state index contributed by atoms with van der Waals surface area (Å²) in [6.45, 7) is 9.28. The highest BCUT2D eigenvalue weighted by atomic mass is 19.1. The van der Waals surface area contributed by atoms with E-state index in [4.69, 9.17) is 0 Å². The topological polar surface area (TPSA) is 12.0 Å². The molecule has 0 aliphatic heterocycles. The Balaban J connectivity index is 2.44. The zero-order valence-corrected chi connectivity index (χ0v) is 11.5. The summed E-state index contributed by atoms with van der Waals surface area (Å²) < 4.78 is 13.5. The van der Waals surface area contributed by atoms with Crippen LogP contribution in [0.15, 0.2) is 36.4 Å². The van der Waals surface area contributed by atoms with Crippen LogP contribution in [0.3, 0.4) is 0 Å². The molecule has 0 amide bonds. The van der Waals surface area contributed by atoms with Gasteiger partial charge in [0.05, 0.1) is 0 Å². The Hall–Kier alpha value is -1.15. The number of benzene rings is 1. The van der Waals surface area contributed by atoms with Gasteiger partial charge in [0, 0.05) is 6.04 Å². The molecular formula is C16H24FN. The van der Waals surface area contributed by atoms with Gasteiger partial charge in [-0.05, 0) is 43.9 Å². The molecule has 0 saturated carbocycles. The van der Waals surface area contributed by atoms with Crippen molar-refractivity contribution in [1.82, 2.24) is 5.32 Å². The third kappa shape index (κ3) is 4.61. The van der Waals surface area contributed by atoms with Gasteiger partial charge in [0.15, 0.2) is 0 Å². The molecule has 0 aliphatic carbocycles. The minimum Gasteiger partial charge on any atom is -0.311 e. The molecule has 2 heteroatoms. The molecule has 0 saturated heterocycles. The molecule has 0 spiro atoms. The Morgan fingerprint density at radius 3 is 2.67 bits per heavy atom. The molecule has 100 valence electrons. The van der Waals surface area contributed by atoms with Crippen molar-refractivity contribution in [3.05, 3.63) is 47.8 Å². The number of hydrogen-bond donors (Lipinski definition) is 1. The zero-order valence-electron chi connectivity index (χ0n) is 11.5. The highest BCUT2D eigenvalue weighted by molar-refractivity contribution is 5.17. The lowest BCUT2D eigenvalue weighted by molar-refractivity contribution is 0.517. The van der Waals surface area contributed by atoms with Crippen LogP contribution in [0.2, 0.25) is 0 Å². The molecule has 0 radical (unpaired) electrons. The van der Waals surface area contributed by atoms with Crippen molar-refractivity contribution in [2.75, 3.05) is 6.54 Å². The van der Waals surface area contributed by atoms with Crippen molar-refractivity contribution >= 4 is 0 Å². The molecule has 0 aliphatic rings. The molecule has 1 aromatic rings. The Morgan fingerprint density at radius 2 is 2.06 bits per heavy atom. The predicted octanol–water partition coefficient (Wildman–Crippen LogP) is 4.09. The number of halogens is 1. The average molecular weight is 249 g/mol. The van der Waals surface area contributed by atoms with E-state index in [1.54, 1.807) is 6.07 Å². The summed E-state index contributed by atoms with van der Waals surface area (Å²) >= 11 is 0. The van der Waals surface area contributed by atoms with E-state index >= 15 is 0 Å². The van der Waals surface area contributed by atoms with Crippen LogP contribution in [0.5, 0.6) is 0 Å². The van der Waals surface area contributed by atoms with Crippen LogP contribution in [-0.4, -0.2) is 12.6 Å². The van der Waals surface area contributed by atoms with E-state index in [9.17, 15) is 4.39 Å². The normalized spacial score (nSPS) is 12.4. The number of likely N-dealkylation sites (N-methyl/N-ethyl adjacent to an activating group) is 1. The first kappa shape index (κ1) is 14.9. The zero-order chi connectivity index (χ0) is 13.4. The highest BCUT2D eigenvalue weighted by Crippen LogP contribution is 2.15. The Labute approximate surface area is 110 Å². The molecule has 1 rings (SSSR count). The summed E-state index contributed by atoms with van der Waals surface area (Å²) in [5.41, 5.74) is 2.06. The molecule has 1 aromatic carbocycles. The first-order valence-corrected chi connectivity index (χ1v) is 6.83. The van der Waals surface area contributed by atoms with Crippen molar-refractivity contribution < 1.29 is 4.39 Å². The molecule has 18 heavy (non-hydrogen) atoms. The van der Waals surface area contributed by atoms with Crippen molar-refractivity contribution in [2.45, 2.75) is 45.6 Å². The fourth-order valence-electron chi connectivity index (χ4n) is 2.14. The SMILES string of the molecule is C=C(CC)C(CCCc1ccccc1F)NCC. The van der Waals surface area contributed by atoms with E-state index in [1.165, 1.54) is 11.6 Å². The lowest BCUT2D eigenvalue weighted by atomic mass is 9.98. The molecule has 0 bridgehead atoms. The average Bonchev–Trinajstić information content (AvgIpc) is 2.39. The summed E-state index contributed by atoms with van der Waals surface area (Å²) in [6.07, 6.45) is 3.80. The van der Waals surface area contributed by atoms with Crippen LogP contribution in [0.4, 0.5) is 4.39 Å². The molecule has 0 aromatic heterocycles. The number of hydrogen-bond acceptors (Lipinski definition) is 1. The highest BCUT2D eigenvalue weighted by Gasteiger charge is 2.10. The molecule has 1 nitrogen and oxygen atoms in total. The van der Waals surface area contributed by atoms with Gasteiger partial charge in [0.25, 0.3) is 0 Å². The van der Waals surface area contributed by atoms with E-state index in [0.717, 1.165) is 37.8 Å².